The second-order valence-corrected chi connectivity index (χ2v) is 6.34. The summed E-state index contributed by atoms with van der Waals surface area (Å²) in [6, 6.07) is 3.82. The number of carbonyl (C=O) groups is 1. The first-order chi connectivity index (χ1) is 11.4. The number of hydrogen-bond acceptors (Lipinski definition) is 4. The smallest absolute Gasteiger partial charge is 0.407 e. The van der Waals surface area contributed by atoms with Crippen molar-refractivity contribution in [1.29, 1.82) is 0 Å². The number of nitrogens with zero attached hydrogens (tertiary/aromatic N) is 1. The molecule has 0 aliphatic heterocycles. The van der Waals surface area contributed by atoms with E-state index in [1.807, 2.05) is 32.9 Å². The predicted octanol–water partition coefficient (Wildman–Crippen LogP) is 2.29. The molecule has 0 radical (unpaired) electrons. The van der Waals surface area contributed by atoms with Gasteiger partial charge in [-0.3, -0.25) is 4.99 Å². The molecule has 0 spiro atoms. The van der Waals surface area contributed by atoms with Crippen LogP contribution in [0.4, 0.5) is 4.79 Å². The lowest BCUT2D eigenvalue weighted by molar-refractivity contribution is 0.0529. The third kappa shape index (κ3) is 9.76. The van der Waals surface area contributed by atoms with Gasteiger partial charge in [-0.2, -0.15) is 0 Å². The predicted molar refractivity (Wildman–Crippen MR) is 95.2 cm³/mol. The van der Waals surface area contributed by atoms with Gasteiger partial charge in [-0.25, -0.2) is 4.79 Å². The number of guanidine groups is 1. The zero-order valence-electron chi connectivity index (χ0n) is 15.1. The summed E-state index contributed by atoms with van der Waals surface area (Å²) in [6.45, 7) is 10.1. The third-order valence-electron chi connectivity index (χ3n) is 2.82. The van der Waals surface area contributed by atoms with Crippen LogP contribution in [0.2, 0.25) is 0 Å². The number of ether oxygens (including phenoxy) is 1. The lowest BCUT2D eigenvalue weighted by Crippen LogP contribution is -2.43. The number of nitrogens with one attached hydrogen (secondary N) is 3. The van der Waals surface area contributed by atoms with E-state index in [-0.39, 0.29) is 0 Å². The maximum Gasteiger partial charge on any atom is 0.407 e. The van der Waals surface area contributed by atoms with Crippen molar-refractivity contribution in [2.45, 2.75) is 46.1 Å². The number of alkyl carbamates (subject to hydrolysis) is 1. The van der Waals surface area contributed by atoms with Gasteiger partial charge in [0.1, 0.15) is 11.4 Å². The fourth-order valence-corrected chi connectivity index (χ4v) is 1.82. The fourth-order valence-electron chi connectivity index (χ4n) is 1.82. The summed E-state index contributed by atoms with van der Waals surface area (Å²) in [6.07, 6.45) is 3.02. The molecule has 3 N–H and O–H groups in total. The molecule has 1 heterocycles. The summed E-state index contributed by atoms with van der Waals surface area (Å²) in [4.78, 5) is 16.0. The Balaban J connectivity index is 2.26. The summed E-state index contributed by atoms with van der Waals surface area (Å²) in [5.41, 5.74) is -0.487. The van der Waals surface area contributed by atoms with Gasteiger partial charge in [0.15, 0.2) is 5.96 Å². The van der Waals surface area contributed by atoms with Gasteiger partial charge in [0.2, 0.25) is 0 Å². The minimum atomic E-state index is -0.487. The van der Waals surface area contributed by atoms with E-state index in [0.717, 1.165) is 37.7 Å². The van der Waals surface area contributed by atoms with Crippen molar-refractivity contribution in [3.63, 3.8) is 0 Å². The molecule has 0 aromatic carbocycles. The van der Waals surface area contributed by atoms with E-state index in [1.165, 1.54) is 0 Å². The lowest BCUT2D eigenvalue weighted by atomic mass is 10.2. The number of furan rings is 1. The van der Waals surface area contributed by atoms with Crippen LogP contribution in [-0.2, 0) is 11.2 Å². The van der Waals surface area contributed by atoms with Crippen LogP contribution in [0, 0.1) is 0 Å². The summed E-state index contributed by atoms with van der Waals surface area (Å²) in [7, 11) is 0. The summed E-state index contributed by atoms with van der Waals surface area (Å²) in [5.74, 6) is 1.67. The van der Waals surface area contributed by atoms with Gasteiger partial charge in [-0.15, -0.1) is 0 Å². The zero-order chi connectivity index (χ0) is 17.8. The van der Waals surface area contributed by atoms with E-state index in [0.29, 0.717) is 13.1 Å². The minimum Gasteiger partial charge on any atom is -0.469 e. The number of carbonyl (C=O) groups excluding carboxylic acids is 1. The van der Waals surface area contributed by atoms with E-state index in [9.17, 15) is 4.79 Å². The topological polar surface area (TPSA) is 87.9 Å². The number of rotatable bonds is 8. The Bertz CT molecular complexity index is 492. The van der Waals surface area contributed by atoms with E-state index >= 15 is 0 Å². The molecule has 1 rings (SSSR count). The normalized spacial score (nSPS) is 11.9. The average Bonchev–Trinajstić information content (AvgIpc) is 2.99. The first-order valence-corrected chi connectivity index (χ1v) is 8.42. The van der Waals surface area contributed by atoms with Gasteiger partial charge in [-0.05, 0) is 39.3 Å². The first-order valence-electron chi connectivity index (χ1n) is 8.42. The van der Waals surface area contributed by atoms with E-state index < -0.39 is 11.7 Å². The minimum absolute atomic E-state index is 0.415. The van der Waals surface area contributed by atoms with Gasteiger partial charge in [0.25, 0.3) is 0 Å². The van der Waals surface area contributed by atoms with Crippen LogP contribution in [0.5, 0.6) is 0 Å². The molecule has 0 aliphatic rings. The van der Waals surface area contributed by atoms with Crippen LogP contribution in [0.15, 0.2) is 27.8 Å². The molecule has 0 unspecified atom stereocenters. The summed E-state index contributed by atoms with van der Waals surface area (Å²) < 4.78 is 10.5. The molecule has 0 saturated carbocycles. The van der Waals surface area contributed by atoms with Crippen molar-refractivity contribution in [2.24, 2.45) is 4.99 Å². The van der Waals surface area contributed by atoms with Gasteiger partial charge < -0.3 is 25.1 Å². The highest BCUT2D eigenvalue weighted by molar-refractivity contribution is 5.79. The molecule has 1 aromatic heterocycles. The third-order valence-corrected chi connectivity index (χ3v) is 2.82. The summed E-state index contributed by atoms with van der Waals surface area (Å²) in [5, 5.41) is 9.15. The van der Waals surface area contributed by atoms with Crippen molar-refractivity contribution < 1.29 is 13.9 Å². The molecule has 0 aliphatic carbocycles. The number of amides is 1. The number of hydrogen-bond donors (Lipinski definition) is 3. The molecular formula is C17H30N4O3. The monoisotopic (exact) mass is 338 g/mol. The van der Waals surface area contributed by atoms with Crippen LogP contribution in [0.25, 0.3) is 0 Å². The highest BCUT2D eigenvalue weighted by Crippen LogP contribution is 2.05. The molecule has 0 saturated heterocycles. The average molecular weight is 338 g/mol. The van der Waals surface area contributed by atoms with Crippen LogP contribution in [-0.4, -0.2) is 43.8 Å². The Hall–Kier alpha value is -2.18. The van der Waals surface area contributed by atoms with Crippen molar-refractivity contribution >= 4 is 12.1 Å². The Kier molecular flexibility index (Phi) is 8.75. The Labute approximate surface area is 144 Å². The van der Waals surface area contributed by atoms with Crippen LogP contribution < -0.4 is 16.0 Å². The second-order valence-electron chi connectivity index (χ2n) is 6.34. The largest absolute Gasteiger partial charge is 0.469 e. The van der Waals surface area contributed by atoms with Gasteiger partial charge in [0.05, 0.1) is 6.26 Å². The maximum absolute atomic E-state index is 11.6. The summed E-state index contributed by atoms with van der Waals surface area (Å²) >= 11 is 0. The van der Waals surface area contributed by atoms with Gasteiger partial charge >= 0.3 is 6.09 Å². The molecule has 0 bridgehead atoms. The lowest BCUT2D eigenvalue weighted by Gasteiger charge is -2.20. The van der Waals surface area contributed by atoms with Crippen molar-refractivity contribution in [3.05, 3.63) is 24.2 Å². The van der Waals surface area contributed by atoms with E-state index in [4.69, 9.17) is 9.15 Å². The maximum atomic E-state index is 11.6. The van der Waals surface area contributed by atoms with Crippen LogP contribution in [0.3, 0.4) is 0 Å². The Morgan fingerprint density at radius 1 is 1.21 bits per heavy atom. The molecule has 24 heavy (non-hydrogen) atoms. The first kappa shape index (κ1) is 19.9. The Morgan fingerprint density at radius 3 is 2.54 bits per heavy atom. The molecule has 7 nitrogen and oxygen atoms in total. The standard InChI is InChI=1S/C17H30N4O3/c1-5-9-18-15(19-10-8-14-7-6-13-23-14)20-11-12-21-16(22)24-17(2,3)4/h6-7,13H,5,8-12H2,1-4H3,(H,21,22)(H2,18,19,20). The SMILES string of the molecule is CCCN=C(NCCNC(=O)OC(C)(C)C)NCCc1ccco1. The fraction of sp³-hybridized carbons (Fsp3) is 0.647. The molecule has 136 valence electrons. The highest BCUT2D eigenvalue weighted by Gasteiger charge is 2.15. The van der Waals surface area contributed by atoms with E-state index in [1.54, 1.807) is 6.26 Å². The van der Waals surface area contributed by atoms with Crippen LogP contribution in [0.1, 0.15) is 39.9 Å². The van der Waals surface area contributed by atoms with Gasteiger partial charge in [0, 0.05) is 32.6 Å². The van der Waals surface area contributed by atoms with Crippen molar-refractivity contribution in [2.75, 3.05) is 26.2 Å². The molecule has 0 atom stereocenters. The molecule has 7 heteroatoms. The van der Waals surface area contributed by atoms with Gasteiger partial charge in [-0.1, -0.05) is 6.92 Å². The van der Waals surface area contributed by atoms with Crippen molar-refractivity contribution in [3.8, 4) is 0 Å². The quantitative estimate of drug-likeness (QED) is 0.384. The number of aliphatic imine (C=N–C) groups is 1. The Morgan fingerprint density at radius 2 is 1.92 bits per heavy atom. The van der Waals surface area contributed by atoms with E-state index in [2.05, 4.69) is 27.9 Å². The van der Waals surface area contributed by atoms with Crippen LogP contribution >= 0.6 is 0 Å². The molecular weight excluding hydrogens is 308 g/mol. The highest BCUT2D eigenvalue weighted by atomic mass is 16.6. The van der Waals surface area contributed by atoms with Crippen molar-refractivity contribution in [1.82, 2.24) is 16.0 Å². The molecule has 1 aromatic rings. The molecule has 0 fully saturated rings. The zero-order valence-corrected chi connectivity index (χ0v) is 15.1. The molecule has 1 amide bonds. The second kappa shape index (κ2) is 10.6.